The monoisotopic (exact) mass is 236 g/mol. The van der Waals surface area contributed by atoms with Gasteiger partial charge in [0, 0.05) is 0 Å². The first-order valence-corrected chi connectivity index (χ1v) is 5.82. The molecule has 1 aromatic rings. The van der Waals surface area contributed by atoms with Gasteiger partial charge >= 0.3 is 0 Å². The molecule has 0 spiro atoms. The Kier molecular flexibility index (Phi) is 5.49. The lowest BCUT2D eigenvalue weighted by atomic mass is 10.1. The van der Waals surface area contributed by atoms with Crippen molar-refractivity contribution in [2.24, 2.45) is 5.73 Å². The predicted molar refractivity (Wildman–Crippen MR) is 68.0 cm³/mol. The molecule has 3 N–H and O–H groups in total. The van der Waals surface area contributed by atoms with E-state index in [1.807, 2.05) is 38.1 Å². The molecular formula is C13H20N2O2. The van der Waals surface area contributed by atoms with E-state index in [1.54, 1.807) is 0 Å². The fraction of sp³-hybridized carbons (Fsp3) is 0.462. The van der Waals surface area contributed by atoms with Gasteiger partial charge in [-0.2, -0.15) is 0 Å². The second-order valence-electron chi connectivity index (χ2n) is 4.20. The summed E-state index contributed by atoms with van der Waals surface area (Å²) in [6, 6.07) is 7.99. The van der Waals surface area contributed by atoms with E-state index in [1.165, 1.54) is 5.56 Å². The molecule has 0 aliphatic carbocycles. The number of primary amides is 1. The maximum atomic E-state index is 10.5. The smallest absolute Gasteiger partial charge is 0.231 e. The Balaban J connectivity index is 2.32. The third-order valence-corrected chi connectivity index (χ3v) is 2.18. The van der Waals surface area contributed by atoms with Gasteiger partial charge in [0.25, 0.3) is 0 Å². The van der Waals surface area contributed by atoms with Crippen LogP contribution in [0.5, 0.6) is 5.75 Å². The Morgan fingerprint density at radius 1 is 1.35 bits per heavy atom. The summed E-state index contributed by atoms with van der Waals surface area (Å²) in [4.78, 5) is 10.5. The first kappa shape index (κ1) is 13.5. The van der Waals surface area contributed by atoms with Crippen LogP contribution in [0.1, 0.15) is 19.4 Å². The predicted octanol–water partition coefficient (Wildman–Crippen LogP) is 1.09. The van der Waals surface area contributed by atoms with Crippen LogP contribution in [0, 0.1) is 0 Å². The summed E-state index contributed by atoms with van der Waals surface area (Å²) in [5.41, 5.74) is 6.23. The minimum Gasteiger partial charge on any atom is -0.491 e. The molecule has 0 unspecified atom stereocenters. The maximum absolute atomic E-state index is 10.5. The second-order valence-corrected chi connectivity index (χ2v) is 4.20. The molecule has 0 aliphatic rings. The molecule has 0 saturated carbocycles. The number of hydrogen-bond acceptors (Lipinski definition) is 3. The molecule has 0 saturated heterocycles. The average molecular weight is 236 g/mol. The fourth-order valence-corrected chi connectivity index (χ4v) is 1.45. The number of amides is 1. The van der Waals surface area contributed by atoms with Crippen LogP contribution in [0.25, 0.3) is 0 Å². The van der Waals surface area contributed by atoms with Crippen LogP contribution in [-0.4, -0.2) is 25.1 Å². The number of rotatable bonds is 7. The van der Waals surface area contributed by atoms with Crippen LogP contribution in [-0.2, 0) is 11.2 Å². The largest absolute Gasteiger partial charge is 0.491 e. The summed E-state index contributed by atoms with van der Waals surface area (Å²) in [5.74, 6) is 0.555. The highest BCUT2D eigenvalue weighted by Gasteiger charge is 1.98. The summed E-state index contributed by atoms with van der Waals surface area (Å²) in [7, 11) is 0. The SMILES string of the molecule is CC(C)Oc1ccc(CCNCC(N)=O)cc1. The fourth-order valence-electron chi connectivity index (χ4n) is 1.45. The molecule has 0 bridgehead atoms. The van der Waals surface area contributed by atoms with Gasteiger partial charge in [-0.15, -0.1) is 0 Å². The number of carbonyl (C=O) groups excluding carboxylic acids is 1. The lowest BCUT2D eigenvalue weighted by Gasteiger charge is -2.10. The van der Waals surface area contributed by atoms with Crippen molar-refractivity contribution in [3.63, 3.8) is 0 Å². The standard InChI is InChI=1S/C13H20N2O2/c1-10(2)17-12-5-3-11(4-6-12)7-8-15-9-13(14)16/h3-6,10,15H,7-9H2,1-2H3,(H2,14,16). The third kappa shape index (κ3) is 5.92. The van der Waals surface area contributed by atoms with Gasteiger partial charge in [-0.25, -0.2) is 0 Å². The van der Waals surface area contributed by atoms with Crippen LogP contribution in [0.4, 0.5) is 0 Å². The van der Waals surface area contributed by atoms with E-state index >= 15 is 0 Å². The lowest BCUT2D eigenvalue weighted by Crippen LogP contribution is -2.29. The van der Waals surface area contributed by atoms with E-state index in [0.29, 0.717) is 0 Å². The molecule has 0 aromatic heterocycles. The average Bonchev–Trinajstić information content (AvgIpc) is 2.25. The highest BCUT2D eigenvalue weighted by Crippen LogP contribution is 2.13. The normalized spacial score (nSPS) is 10.5. The number of nitrogens with one attached hydrogen (secondary N) is 1. The zero-order valence-electron chi connectivity index (χ0n) is 10.4. The van der Waals surface area contributed by atoms with Gasteiger partial charge in [0.1, 0.15) is 5.75 Å². The van der Waals surface area contributed by atoms with Crippen LogP contribution < -0.4 is 15.8 Å². The number of benzene rings is 1. The summed E-state index contributed by atoms with van der Waals surface area (Å²) >= 11 is 0. The van der Waals surface area contributed by atoms with Crippen molar-refractivity contribution in [1.29, 1.82) is 0 Å². The quantitative estimate of drug-likeness (QED) is 0.697. The van der Waals surface area contributed by atoms with Crippen molar-refractivity contribution in [3.8, 4) is 5.75 Å². The molecule has 0 aliphatic heterocycles. The molecular weight excluding hydrogens is 216 g/mol. The minimum atomic E-state index is -0.328. The number of ether oxygens (including phenoxy) is 1. The second kappa shape index (κ2) is 6.91. The van der Waals surface area contributed by atoms with E-state index in [4.69, 9.17) is 10.5 Å². The summed E-state index contributed by atoms with van der Waals surface area (Å²) in [6.07, 6.45) is 1.06. The topological polar surface area (TPSA) is 64.3 Å². The molecule has 0 fully saturated rings. The van der Waals surface area contributed by atoms with Crippen LogP contribution >= 0.6 is 0 Å². The molecule has 1 aromatic carbocycles. The van der Waals surface area contributed by atoms with Crippen molar-refractivity contribution in [2.45, 2.75) is 26.4 Å². The zero-order valence-corrected chi connectivity index (χ0v) is 10.4. The van der Waals surface area contributed by atoms with E-state index < -0.39 is 0 Å². The number of nitrogens with two attached hydrogens (primary N) is 1. The van der Waals surface area contributed by atoms with Gasteiger partial charge in [-0.05, 0) is 44.5 Å². The van der Waals surface area contributed by atoms with Gasteiger partial charge in [-0.1, -0.05) is 12.1 Å². The molecule has 0 heterocycles. The van der Waals surface area contributed by atoms with Crippen molar-refractivity contribution in [2.75, 3.05) is 13.1 Å². The van der Waals surface area contributed by atoms with Gasteiger partial charge in [0.05, 0.1) is 12.6 Å². The van der Waals surface area contributed by atoms with Crippen LogP contribution in [0.3, 0.4) is 0 Å². The van der Waals surface area contributed by atoms with Crippen molar-refractivity contribution in [3.05, 3.63) is 29.8 Å². The first-order valence-electron chi connectivity index (χ1n) is 5.82. The summed E-state index contributed by atoms with van der Waals surface area (Å²) in [6.45, 7) is 4.98. The molecule has 0 atom stereocenters. The maximum Gasteiger partial charge on any atom is 0.231 e. The summed E-state index contributed by atoms with van der Waals surface area (Å²) < 4.78 is 5.55. The van der Waals surface area contributed by atoms with Gasteiger partial charge in [0.2, 0.25) is 5.91 Å². The zero-order chi connectivity index (χ0) is 12.7. The van der Waals surface area contributed by atoms with Crippen molar-refractivity contribution < 1.29 is 9.53 Å². The van der Waals surface area contributed by atoms with Crippen molar-refractivity contribution in [1.82, 2.24) is 5.32 Å². The van der Waals surface area contributed by atoms with E-state index in [2.05, 4.69) is 5.32 Å². The molecule has 1 rings (SSSR count). The Labute approximate surface area is 102 Å². The number of carbonyl (C=O) groups is 1. The Hall–Kier alpha value is -1.55. The molecule has 17 heavy (non-hydrogen) atoms. The van der Waals surface area contributed by atoms with Gasteiger partial charge in [0.15, 0.2) is 0 Å². The highest BCUT2D eigenvalue weighted by molar-refractivity contribution is 5.75. The minimum absolute atomic E-state index is 0.193. The van der Waals surface area contributed by atoms with Gasteiger partial charge < -0.3 is 15.8 Å². The first-order chi connectivity index (χ1) is 8.08. The molecule has 4 nitrogen and oxygen atoms in total. The molecule has 0 radical (unpaired) electrons. The lowest BCUT2D eigenvalue weighted by molar-refractivity contribution is -0.117. The van der Waals surface area contributed by atoms with Gasteiger partial charge in [-0.3, -0.25) is 4.79 Å². The van der Waals surface area contributed by atoms with Crippen LogP contribution in [0.2, 0.25) is 0 Å². The van der Waals surface area contributed by atoms with E-state index in [9.17, 15) is 4.79 Å². The number of hydrogen-bond donors (Lipinski definition) is 2. The Morgan fingerprint density at radius 2 is 2.00 bits per heavy atom. The van der Waals surface area contributed by atoms with Crippen molar-refractivity contribution >= 4 is 5.91 Å². The van der Waals surface area contributed by atoms with E-state index in [-0.39, 0.29) is 18.6 Å². The highest BCUT2D eigenvalue weighted by atomic mass is 16.5. The summed E-state index contributed by atoms with van der Waals surface area (Å²) in [5, 5.41) is 2.97. The Morgan fingerprint density at radius 3 is 2.53 bits per heavy atom. The van der Waals surface area contributed by atoms with Crippen LogP contribution in [0.15, 0.2) is 24.3 Å². The van der Waals surface area contributed by atoms with E-state index in [0.717, 1.165) is 18.7 Å². The molecule has 94 valence electrons. The molecule has 4 heteroatoms. The Bertz CT molecular complexity index is 347. The molecule has 1 amide bonds. The third-order valence-electron chi connectivity index (χ3n) is 2.18.